The second kappa shape index (κ2) is 8.41. The number of hydrogen-bond acceptors (Lipinski definition) is 5. The highest BCUT2D eigenvalue weighted by Crippen LogP contribution is 2.37. The van der Waals surface area contributed by atoms with Crippen molar-refractivity contribution < 1.29 is 23.4 Å². The SMILES string of the molecule is COCCOc1ccc(C2OC(=O)NC2CO[Si](C)(C)C(C)(C)C)cc1. The normalized spacial score (nSPS) is 20.6. The number of alkyl carbamates (subject to hydrolysis) is 1. The lowest BCUT2D eigenvalue weighted by atomic mass is 10.0. The fourth-order valence-corrected chi connectivity index (χ4v) is 3.43. The lowest BCUT2D eigenvalue weighted by Crippen LogP contribution is -2.45. The highest BCUT2D eigenvalue weighted by atomic mass is 28.4. The largest absolute Gasteiger partial charge is 0.491 e. The van der Waals surface area contributed by atoms with Crippen LogP contribution in [0.5, 0.6) is 5.75 Å². The molecule has 1 fully saturated rings. The van der Waals surface area contributed by atoms with Crippen LogP contribution in [0.25, 0.3) is 0 Å². The number of cyclic esters (lactones) is 1. The van der Waals surface area contributed by atoms with Crippen LogP contribution >= 0.6 is 0 Å². The zero-order valence-corrected chi connectivity index (χ0v) is 17.6. The Bertz CT molecular complexity index is 597. The lowest BCUT2D eigenvalue weighted by Gasteiger charge is -2.37. The molecule has 1 aliphatic rings. The molecule has 1 saturated heterocycles. The lowest BCUT2D eigenvalue weighted by molar-refractivity contribution is 0.120. The Balaban J connectivity index is 2.01. The molecule has 6 nitrogen and oxygen atoms in total. The molecular weight excluding hydrogens is 350 g/mol. The molecule has 2 unspecified atom stereocenters. The Morgan fingerprint density at radius 3 is 2.38 bits per heavy atom. The van der Waals surface area contributed by atoms with Crippen LogP contribution in [0, 0.1) is 0 Å². The third-order valence-electron chi connectivity index (χ3n) is 5.10. The van der Waals surface area contributed by atoms with Crippen molar-refractivity contribution in [3.63, 3.8) is 0 Å². The van der Waals surface area contributed by atoms with Gasteiger partial charge < -0.3 is 24.0 Å². The Morgan fingerprint density at radius 2 is 1.81 bits per heavy atom. The average molecular weight is 382 g/mol. The number of carbonyl (C=O) groups excluding carboxylic acids is 1. The monoisotopic (exact) mass is 381 g/mol. The van der Waals surface area contributed by atoms with Gasteiger partial charge in [0.05, 0.1) is 19.3 Å². The van der Waals surface area contributed by atoms with E-state index in [1.165, 1.54) is 0 Å². The van der Waals surface area contributed by atoms with Crippen molar-refractivity contribution in [2.75, 3.05) is 26.9 Å². The molecule has 0 bridgehead atoms. The van der Waals surface area contributed by atoms with Gasteiger partial charge in [0, 0.05) is 7.11 Å². The maximum atomic E-state index is 11.8. The van der Waals surface area contributed by atoms with Crippen LogP contribution in [0.4, 0.5) is 4.79 Å². The summed E-state index contributed by atoms with van der Waals surface area (Å²) in [6, 6.07) is 7.40. The maximum absolute atomic E-state index is 11.8. The van der Waals surface area contributed by atoms with Gasteiger partial charge in [-0.25, -0.2) is 4.79 Å². The molecule has 0 spiro atoms. The Hall–Kier alpha value is -1.57. The molecule has 2 rings (SSSR count). The Labute approximate surface area is 157 Å². The van der Waals surface area contributed by atoms with E-state index < -0.39 is 14.4 Å². The third kappa shape index (κ3) is 5.22. The Morgan fingerprint density at radius 1 is 1.15 bits per heavy atom. The van der Waals surface area contributed by atoms with Crippen molar-refractivity contribution in [2.24, 2.45) is 0 Å². The van der Waals surface area contributed by atoms with E-state index in [0.29, 0.717) is 19.8 Å². The van der Waals surface area contributed by atoms with Crippen LogP contribution in [-0.2, 0) is 13.9 Å². The molecule has 1 aromatic carbocycles. The molecular formula is C19H31NO5Si. The van der Waals surface area contributed by atoms with Crippen LogP contribution in [-0.4, -0.2) is 47.4 Å². The summed E-state index contributed by atoms with van der Waals surface area (Å²) in [5.41, 5.74) is 0.922. The zero-order valence-electron chi connectivity index (χ0n) is 16.6. The van der Waals surface area contributed by atoms with Gasteiger partial charge in [-0.3, -0.25) is 0 Å². The summed E-state index contributed by atoms with van der Waals surface area (Å²) in [4.78, 5) is 11.8. The van der Waals surface area contributed by atoms with Gasteiger partial charge in [-0.1, -0.05) is 32.9 Å². The van der Waals surface area contributed by atoms with Gasteiger partial charge in [-0.05, 0) is 35.8 Å². The van der Waals surface area contributed by atoms with E-state index >= 15 is 0 Å². The van der Waals surface area contributed by atoms with Crippen LogP contribution in [0.1, 0.15) is 32.4 Å². The van der Waals surface area contributed by atoms with E-state index in [1.807, 2.05) is 24.3 Å². The predicted molar refractivity (Wildman–Crippen MR) is 103 cm³/mol. The van der Waals surface area contributed by atoms with E-state index in [9.17, 15) is 4.79 Å². The van der Waals surface area contributed by atoms with Crippen LogP contribution < -0.4 is 10.1 Å². The summed E-state index contributed by atoms with van der Waals surface area (Å²) in [6.45, 7) is 12.5. The molecule has 1 aromatic rings. The summed E-state index contributed by atoms with van der Waals surface area (Å²) in [6.07, 6.45) is -0.764. The number of hydrogen-bond donors (Lipinski definition) is 1. The van der Waals surface area contributed by atoms with Gasteiger partial charge in [0.15, 0.2) is 14.4 Å². The van der Waals surface area contributed by atoms with Crippen molar-refractivity contribution >= 4 is 14.4 Å². The quantitative estimate of drug-likeness (QED) is 0.547. The van der Waals surface area contributed by atoms with E-state index in [2.05, 4.69) is 39.2 Å². The molecule has 0 radical (unpaired) electrons. The molecule has 7 heteroatoms. The first-order valence-corrected chi connectivity index (χ1v) is 11.9. The predicted octanol–water partition coefficient (Wildman–Crippen LogP) is 3.88. The van der Waals surface area contributed by atoms with Crippen LogP contribution in [0.15, 0.2) is 24.3 Å². The van der Waals surface area contributed by atoms with E-state index in [4.69, 9.17) is 18.6 Å². The molecule has 26 heavy (non-hydrogen) atoms. The van der Waals surface area contributed by atoms with Gasteiger partial charge in [0.25, 0.3) is 0 Å². The number of carbonyl (C=O) groups is 1. The summed E-state index contributed by atoms with van der Waals surface area (Å²) in [5.74, 6) is 0.761. The second-order valence-electron chi connectivity index (χ2n) is 8.06. The van der Waals surface area contributed by atoms with E-state index in [-0.39, 0.29) is 17.2 Å². The molecule has 1 aliphatic heterocycles. The van der Waals surface area contributed by atoms with Crippen molar-refractivity contribution in [3.05, 3.63) is 29.8 Å². The Kier molecular flexibility index (Phi) is 6.71. The van der Waals surface area contributed by atoms with Crippen LogP contribution in [0.3, 0.4) is 0 Å². The number of rotatable bonds is 8. The molecule has 2 atom stereocenters. The van der Waals surface area contributed by atoms with Gasteiger partial charge in [-0.2, -0.15) is 0 Å². The van der Waals surface area contributed by atoms with Crippen molar-refractivity contribution in [1.29, 1.82) is 0 Å². The smallest absolute Gasteiger partial charge is 0.408 e. The standard InChI is InChI=1S/C19H31NO5Si/c1-19(2,3)26(5,6)24-13-16-17(25-18(21)20-16)14-7-9-15(10-8-14)23-12-11-22-4/h7-10,16-17H,11-13H2,1-6H3,(H,20,21). The first-order valence-electron chi connectivity index (χ1n) is 8.97. The number of nitrogens with one attached hydrogen (secondary N) is 1. The highest BCUT2D eigenvalue weighted by Gasteiger charge is 2.41. The van der Waals surface area contributed by atoms with Crippen LogP contribution in [0.2, 0.25) is 18.1 Å². The van der Waals surface area contributed by atoms with Crippen molar-refractivity contribution in [1.82, 2.24) is 5.32 Å². The van der Waals surface area contributed by atoms with Gasteiger partial charge in [0.2, 0.25) is 0 Å². The molecule has 0 aliphatic carbocycles. The fourth-order valence-electron chi connectivity index (χ4n) is 2.40. The number of ether oxygens (including phenoxy) is 3. The van der Waals surface area contributed by atoms with E-state index in [0.717, 1.165) is 11.3 Å². The minimum atomic E-state index is -1.89. The summed E-state index contributed by atoms with van der Waals surface area (Å²) in [5, 5.41) is 2.99. The number of methoxy groups -OCH3 is 1. The molecule has 146 valence electrons. The highest BCUT2D eigenvalue weighted by molar-refractivity contribution is 6.74. The molecule has 0 aromatic heterocycles. The van der Waals surface area contributed by atoms with Gasteiger partial charge >= 0.3 is 6.09 Å². The minimum Gasteiger partial charge on any atom is -0.491 e. The van der Waals surface area contributed by atoms with Crippen molar-refractivity contribution in [3.8, 4) is 5.75 Å². The number of amides is 1. The van der Waals surface area contributed by atoms with Gasteiger partial charge in [-0.15, -0.1) is 0 Å². The first kappa shape index (κ1) is 20.7. The first-order chi connectivity index (χ1) is 12.1. The second-order valence-corrected chi connectivity index (χ2v) is 12.9. The van der Waals surface area contributed by atoms with Crippen molar-refractivity contribution in [2.45, 2.75) is 51.0 Å². The summed E-state index contributed by atoms with van der Waals surface area (Å²) in [7, 11) is -0.252. The summed E-state index contributed by atoms with van der Waals surface area (Å²) >= 11 is 0. The van der Waals surface area contributed by atoms with Gasteiger partial charge in [0.1, 0.15) is 12.4 Å². The van der Waals surface area contributed by atoms with E-state index in [1.54, 1.807) is 7.11 Å². The third-order valence-corrected chi connectivity index (χ3v) is 9.60. The molecule has 0 saturated carbocycles. The average Bonchev–Trinajstić information content (AvgIpc) is 2.94. The molecule has 1 heterocycles. The zero-order chi connectivity index (χ0) is 19.4. The summed E-state index contributed by atoms with van der Waals surface area (Å²) < 4.78 is 22.3. The maximum Gasteiger partial charge on any atom is 0.408 e. The molecule has 1 amide bonds. The minimum absolute atomic E-state index is 0.118. The fraction of sp³-hybridized carbons (Fsp3) is 0.632. The number of benzene rings is 1. The topological polar surface area (TPSA) is 66.0 Å². The molecule has 1 N–H and O–H groups in total.